The third-order valence-electron chi connectivity index (χ3n) is 6.14. The van der Waals surface area contributed by atoms with Gasteiger partial charge in [-0.2, -0.15) is 5.10 Å². The van der Waals surface area contributed by atoms with Crippen molar-refractivity contribution >= 4 is 11.8 Å². The maximum atomic E-state index is 12.7. The van der Waals surface area contributed by atoms with Crippen molar-refractivity contribution in [1.29, 1.82) is 0 Å². The molecule has 1 aliphatic rings. The second-order valence-electron chi connectivity index (χ2n) is 8.50. The lowest BCUT2D eigenvalue weighted by atomic mass is 9.90. The average molecular weight is 446 g/mol. The number of aryl methyl sites for hydroxylation is 1. The van der Waals surface area contributed by atoms with Gasteiger partial charge in [-0.15, -0.1) is 0 Å². The van der Waals surface area contributed by atoms with Crippen LogP contribution in [0, 0.1) is 0 Å². The van der Waals surface area contributed by atoms with Crippen LogP contribution in [0.3, 0.4) is 0 Å². The van der Waals surface area contributed by atoms with Gasteiger partial charge in [0.15, 0.2) is 0 Å². The summed E-state index contributed by atoms with van der Waals surface area (Å²) in [6, 6.07) is 20.2. The third kappa shape index (κ3) is 6.08. The minimum absolute atomic E-state index is 0.0801. The number of aromatic nitrogens is 2. The van der Waals surface area contributed by atoms with Gasteiger partial charge in [0.2, 0.25) is 11.8 Å². The summed E-state index contributed by atoms with van der Waals surface area (Å²) in [5, 5.41) is 10.0. The molecular formula is C26H31N5O2. The Morgan fingerprint density at radius 1 is 1.12 bits per heavy atom. The Morgan fingerprint density at radius 2 is 1.79 bits per heavy atom. The Kier molecular flexibility index (Phi) is 7.52. The second-order valence-corrected chi connectivity index (χ2v) is 8.50. The quantitative estimate of drug-likeness (QED) is 0.529. The van der Waals surface area contributed by atoms with E-state index < -0.39 is 6.04 Å². The van der Waals surface area contributed by atoms with Gasteiger partial charge in [0.25, 0.3) is 0 Å². The van der Waals surface area contributed by atoms with Gasteiger partial charge < -0.3 is 10.6 Å². The van der Waals surface area contributed by atoms with Crippen LogP contribution in [0.1, 0.15) is 29.0 Å². The first-order valence-electron chi connectivity index (χ1n) is 11.5. The van der Waals surface area contributed by atoms with E-state index in [9.17, 15) is 9.59 Å². The molecule has 1 aromatic heterocycles. The van der Waals surface area contributed by atoms with Crippen molar-refractivity contribution in [3.05, 3.63) is 89.7 Å². The molecule has 1 fully saturated rings. The summed E-state index contributed by atoms with van der Waals surface area (Å²) in [7, 11) is 1.87. The topological polar surface area (TPSA) is 79.3 Å². The lowest BCUT2D eigenvalue weighted by Gasteiger charge is -2.37. The van der Waals surface area contributed by atoms with Crippen LogP contribution in [-0.2, 0) is 23.1 Å². The van der Waals surface area contributed by atoms with Crippen molar-refractivity contribution in [1.82, 2.24) is 25.3 Å². The van der Waals surface area contributed by atoms with Crippen molar-refractivity contribution in [3.8, 4) is 0 Å². The highest BCUT2D eigenvalue weighted by molar-refractivity contribution is 5.88. The van der Waals surface area contributed by atoms with Crippen molar-refractivity contribution in [3.63, 3.8) is 0 Å². The first kappa shape index (κ1) is 22.7. The van der Waals surface area contributed by atoms with Crippen molar-refractivity contribution in [2.75, 3.05) is 26.2 Å². The number of nitrogens with one attached hydrogen (secondary N) is 2. The summed E-state index contributed by atoms with van der Waals surface area (Å²) < 4.78 is 1.75. The van der Waals surface area contributed by atoms with Crippen LogP contribution in [0.4, 0.5) is 0 Å². The van der Waals surface area contributed by atoms with E-state index >= 15 is 0 Å². The SMILES string of the molecule is Cn1cc(CCNC(=O)C[C@H]2C(=O)NCCN2CC(c2ccccc2)c2ccccc2)cn1. The number of benzene rings is 2. The summed E-state index contributed by atoms with van der Waals surface area (Å²) in [6.07, 6.45) is 4.60. The Hall–Kier alpha value is -3.45. The van der Waals surface area contributed by atoms with Crippen LogP contribution in [-0.4, -0.2) is 58.7 Å². The molecule has 0 spiro atoms. The van der Waals surface area contributed by atoms with E-state index in [4.69, 9.17) is 0 Å². The molecule has 2 heterocycles. The molecule has 7 heteroatoms. The van der Waals surface area contributed by atoms with Crippen molar-refractivity contribution < 1.29 is 9.59 Å². The van der Waals surface area contributed by atoms with Gasteiger partial charge in [-0.1, -0.05) is 60.7 Å². The number of carbonyl (C=O) groups is 2. The second kappa shape index (κ2) is 10.9. The molecule has 1 atom stereocenters. The van der Waals surface area contributed by atoms with Crippen LogP contribution in [0.15, 0.2) is 73.1 Å². The van der Waals surface area contributed by atoms with Gasteiger partial charge in [0.1, 0.15) is 0 Å². The van der Waals surface area contributed by atoms with E-state index in [-0.39, 0.29) is 24.2 Å². The van der Waals surface area contributed by atoms with E-state index in [1.54, 1.807) is 10.9 Å². The minimum Gasteiger partial charge on any atom is -0.356 e. The van der Waals surface area contributed by atoms with E-state index in [1.165, 1.54) is 11.1 Å². The van der Waals surface area contributed by atoms with Crippen LogP contribution in [0.25, 0.3) is 0 Å². The standard InChI is InChI=1S/C26H31N5O2/c1-30-18-20(17-29-30)12-13-27-25(32)16-24-26(33)28-14-15-31(24)19-23(21-8-4-2-5-9-21)22-10-6-3-7-11-22/h2-11,17-18,23-24H,12-16,19H2,1H3,(H,27,32)(H,28,33)/t24-/m0/s1. The maximum absolute atomic E-state index is 12.7. The molecule has 3 aromatic rings. The Morgan fingerprint density at radius 3 is 2.39 bits per heavy atom. The van der Waals surface area contributed by atoms with Gasteiger partial charge in [-0.25, -0.2) is 0 Å². The first-order chi connectivity index (χ1) is 16.1. The number of piperazine rings is 1. The highest BCUT2D eigenvalue weighted by Gasteiger charge is 2.33. The molecule has 1 saturated heterocycles. The summed E-state index contributed by atoms with van der Waals surface area (Å²) in [6.45, 7) is 2.51. The zero-order valence-electron chi connectivity index (χ0n) is 19.0. The molecule has 0 bridgehead atoms. The van der Waals surface area contributed by atoms with Crippen molar-refractivity contribution in [2.45, 2.75) is 24.8 Å². The fourth-order valence-corrected chi connectivity index (χ4v) is 4.41. The molecule has 0 aliphatic carbocycles. The van der Waals surface area contributed by atoms with Gasteiger partial charge in [0, 0.05) is 45.3 Å². The van der Waals surface area contributed by atoms with Crippen molar-refractivity contribution in [2.24, 2.45) is 7.05 Å². The van der Waals surface area contributed by atoms with Gasteiger partial charge in [-0.05, 0) is 23.1 Å². The smallest absolute Gasteiger partial charge is 0.237 e. The fourth-order valence-electron chi connectivity index (χ4n) is 4.41. The van der Waals surface area contributed by atoms with E-state index in [2.05, 4.69) is 44.9 Å². The lowest BCUT2D eigenvalue weighted by molar-refractivity contribution is -0.134. The number of carbonyl (C=O) groups excluding carboxylic acids is 2. The van der Waals surface area contributed by atoms with Gasteiger partial charge in [-0.3, -0.25) is 19.2 Å². The van der Waals surface area contributed by atoms with Gasteiger partial charge >= 0.3 is 0 Å². The largest absolute Gasteiger partial charge is 0.356 e. The van der Waals surface area contributed by atoms with E-state index in [0.29, 0.717) is 26.1 Å². The molecule has 4 rings (SSSR count). The number of hydrogen-bond donors (Lipinski definition) is 2. The number of nitrogens with zero attached hydrogens (tertiary/aromatic N) is 3. The molecule has 172 valence electrons. The Bertz CT molecular complexity index is 1010. The van der Waals surface area contributed by atoms with E-state index in [1.807, 2.05) is 49.6 Å². The highest BCUT2D eigenvalue weighted by atomic mass is 16.2. The average Bonchev–Trinajstić information content (AvgIpc) is 3.25. The lowest BCUT2D eigenvalue weighted by Crippen LogP contribution is -2.57. The minimum atomic E-state index is -0.480. The monoisotopic (exact) mass is 445 g/mol. The Balaban J connectivity index is 1.43. The molecule has 2 aromatic carbocycles. The third-order valence-corrected chi connectivity index (χ3v) is 6.14. The number of amides is 2. The molecule has 2 N–H and O–H groups in total. The summed E-state index contributed by atoms with van der Waals surface area (Å²) >= 11 is 0. The van der Waals surface area contributed by atoms with Gasteiger partial charge in [0.05, 0.1) is 18.7 Å². The van der Waals surface area contributed by atoms with Crippen LogP contribution < -0.4 is 10.6 Å². The molecule has 2 amide bonds. The molecule has 0 radical (unpaired) electrons. The molecule has 0 unspecified atom stereocenters. The summed E-state index contributed by atoms with van der Waals surface area (Å²) in [5.74, 6) is -0.0695. The maximum Gasteiger partial charge on any atom is 0.237 e. The summed E-state index contributed by atoms with van der Waals surface area (Å²) in [4.78, 5) is 27.6. The fraction of sp³-hybridized carbons (Fsp3) is 0.346. The predicted molar refractivity (Wildman–Crippen MR) is 128 cm³/mol. The predicted octanol–water partition coefficient (Wildman–Crippen LogP) is 2.10. The molecule has 33 heavy (non-hydrogen) atoms. The number of hydrogen-bond acceptors (Lipinski definition) is 4. The Labute approximate surface area is 194 Å². The normalized spacial score (nSPS) is 16.5. The molecular weight excluding hydrogens is 414 g/mol. The molecule has 0 saturated carbocycles. The zero-order chi connectivity index (χ0) is 23.0. The van der Waals surface area contributed by atoms with Crippen LogP contribution in [0.5, 0.6) is 0 Å². The first-order valence-corrected chi connectivity index (χ1v) is 11.5. The summed E-state index contributed by atoms with van der Waals surface area (Å²) in [5.41, 5.74) is 3.48. The molecule has 7 nitrogen and oxygen atoms in total. The molecule has 1 aliphatic heterocycles. The number of rotatable bonds is 9. The van der Waals surface area contributed by atoms with Crippen LogP contribution >= 0.6 is 0 Å². The van der Waals surface area contributed by atoms with E-state index in [0.717, 1.165) is 12.1 Å². The zero-order valence-corrected chi connectivity index (χ0v) is 19.0. The highest BCUT2D eigenvalue weighted by Crippen LogP contribution is 2.27. The van der Waals surface area contributed by atoms with Crippen LogP contribution in [0.2, 0.25) is 0 Å².